The quantitative estimate of drug-likeness (QED) is 0.453. The van der Waals surface area contributed by atoms with Gasteiger partial charge >= 0.3 is 0 Å². The van der Waals surface area contributed by atoms with Gasteiger partial charge in [-0.05, 0) is 51.9 Å². The van der Waals surface area contributed by atoms with E-state index in [-0.39, 0.29) is 17.2 Å². The number of hydrogen-bond acceptors (Lipinski definition) is 2. The zero-order valence-electron chi connectivity index (χ0n) is 16.1. The summed E-state index contributed by atoms with van der Waals surface area (Å²) in [4.78, 5) is 13.3. The first-order valence-electron chi connectivity index (χ1n) is 9.73. The van der Waals surface area contributed by atoms with Gasteiger partial charge in [0.15, 0.2) is 5.78 Å². The van der Waals surface area contributed by atoms with Crippen molar-refractivity contribution in [3.05, 3.63) is 81.8 Å². The second-order valence-electron chi connectivity index (χ2n) is 8.67. The van der Waals surface area contributed by atoms with Gasteiger partial charge in [0, 0.05) is 27.7 Å². The lowest BCUT2D eigenvalue weighted by atomic mass is 9.68. The van der Waals surface area contributed by atoms with E-state index in [1.165, 1.54) is 21.9 Å². The molecule has 0 bridgehead atoms. The van der Waals surface area contributed by atoms with Crippen LogP contribution in [0.4, 0.5) is 5.69 Å². The Morgan fingerprint density at radius 1 is 0.964 bits per heavy atom. The van der Waals surface area contributed by atoms with Crippen molar-refractivity contribution < 1.29 is 4.79 Å². The lowest BCUT2D eigenvalue weighted by Gasteiger charge is -2.40. The summed E-state index contributed by atoms with van der Waals surface area (Å²) < 4.78 is 1.05. The molecule has 0 radical (unpaired) electrons. The smallest absolute Gasteiger partial charge is 0.162 e. The number of benzene rings is 3. The number of Topliss-reactive ketones (excluding diaryl/α,β-unsaturated/α-hetero) is 1. The lowest BCUT2D eigenvalue weighted by molar-refractivity contribution is -0.118. The summed E-state index contributed by atoms with van der Waals surface area (Å²) in [7, 11) is 0. The molecule has 28 heavy (non-hydrogen) atoms. The van der Waals surface area contributed by atoms with Gasteiger partial charge in [-0.1, -0.05) is 72.2 Å². The van der Waals surface area contributed by atoms with Crippen molar-refractivity contribution in [2.45, 2.75) is 32.7 Å². The van der Waals surface area contributed by atoms with Crippen molar-refractivity contribution in [3.8, 4) is 0 Å². The minimum Gasteiger partial charge on any atom is -0.373 e. The van der Waals surface area contributed by atoms with Gasteiger partial charge in [0.25, 0.3) is 0 Å². The van der Waals surface area contributed by atoms with Gasteiger partial charge in [-0.3, -0.25) is 4.79 Å². The highest BCUT2D eigenvalue weighted by atomic mass is 79.9. The number of fused-ring (bicyclic) bond motifs is 4. The number of ketones is 1. The molecule has 1 heterocycles. The van der Waals surface area contributed by atoms with Crippen LogP contribution in [-0.2, 0) is 4.79 Å². The molecule has 1 unspecified atom stereocenters. The molecule has 2 nitrogen and oxygen atoms in total. The van der Waals surface area contributed by atoms with Crippen molar-refractivity contribution in [3.63, 3.8) is 0 Å². The number of halogens is 1. The van der Waals surface area contributed by atoms with Crippen molar-refractivity contribution in [1.82, 2.24) is 0 Å². The van der Waals surface area contributed by atoms with E-state index in [0.717, 1.165) is 27.7 Å². The number of anilines is 1. The van der Waals surface area contributed by atoms with Crippen LogP contribution >= 0.6 is 15.9 Å². The summed E-state index contributed by atoms with van der Waals surface area (Å²) in [6.45, 7) is 4.41. The van der Waals surface area contributed by atoms with E-state index in [2.05, 4.69) is 83.6 Å². The highest BCUT2D eigenvalue weighted by molar-refractivity contribution is 9.10. The molecular weight excluding hydrogens is 410 g/mol. The highest BCUT2D eigenvalue weighted by Gasteiger charge is 2.40. The molecule has 1 N–H and O–H groups in total. The molecule has 1 atom stereocenters. The molecule has 140 valence electrons. The van der Waals surface area contributed by atoms with Crippen LogP contribution in [0.3, 0.4) is 0 Å². The van der Waals surface area contributed by atoms with Crippen LogP contribution in [0.25, 0.3) is 16.3 Å². The Balaban J connectivity index is 1.79. The van der Waals surface area contributed by atoms with Crippen LogP contribution in [0.15, 0.2) is 70.7 Å². The van der Waals surface area contributed by atoms with Crippen LogP contribution in [0.1, 0.15) is 43.9 Å². The number of carbonyl (C=O) groups is 1. The number of allylic oxidation sites excluding steroid dienone is 1. The topological polar surface area (TPSA) is 29.1 Å². The molecule has 3 heteroatoms. The molecule has 5 rings (SSSR count). The van der Waals surface area contributed by atoms with Gasteiger partial charge in [0.1, 0.15) is 0 Å². The number of rotatable bonds is 1. The SMILES string of the molecule is CC1(C)CC(=O)C2=C(C1)c1c(ccc3ccccc13)NC2c1ccc(Br)cc1. The van der Waals surface area contributed by atoms with Crippen LogP contribution in [0.2, 0.25) is 0 Å². The molecule has 0 spiro atoms. The summed E-state index contributed by atoms with van der Waals surface area (Å²) in [5, 5.41) is 6.13. The molecule has 0 aromatic heterocycles. The standard InChI is InChI=1S/C25H22BrNO/c1-25(2)13-19-22-18-6-4-3-5-15(18)9-12-20(22)27-24(23(19)21(28)14-25)16-7-10-17(26)11-8-16/h3-12,24,27H,13-14H2,1-2H3. The molecule has 0 amide bonds. The van der Waals surface area contributed by atoms with Crippen molar-refractivity contribution >= 4 is 43.7 Å². The third-order valence-electron chi connectivity index (χ3n) is 5.94. The second-order valence-corrected chi connectivity index (χ2v) is 9.59. The highest BCUT2D eigenvalue weighted by Crippen LogP contribution is 2.51. The third kappa shape index (κ3) is 2.80. The fraction of sp³-hybridized carbons (Fsp3) is 0.240. The zero-order chi connectivity index (χ0) is 19.5. The molecule has 3 aromatic carbocycles. The van der Waals surface area contributed by atoms with Crippen LogP contribution in [0, 0.1) is 5.41 Å². The third-order valence-corrected chi connectivity index (χ3v) is 6.47. The minimum absolute atomic E-state index is 0.0221. The van der Waals surface area contributed by atoms with Gasteiger partial charge in [-0.25, -0.2) is 0 Å². The van der Waals surface area contributed by atoms with Gasteiger partial charge in [0.05, 0.1) is 6.04 Å². The number of carbonyl (C=O) groups excluding carboxylic acids is 1. The Kier molecular flexibility index (Phi) is 3.99. The van der Waals surface area contributed by atoms with Gasteiger partial charge < -0.3 is 5.32 Å². The van der Waals surface area contributed by atoms with E-state index < -0.39 is 0 Å². The van der Waals surface area contributed by atoms with E-state index >= 15 is 0 Å². The molecular formula is C25H22BrNO. The fourth-order valence-corrected chi connectivity index (χ4v) is 5.01. The summed E-state index contributed by atoms with van der Waals surface area (Å²) in [5.41, 5.74) is 5.61. The summed E-state index contributed by atoms with van der Waals surface area (Å²) >= 11 is 3.52. The normalized spacial score (nSPS) is 20.5. The minimum atomic E-state index is -0.0969. The molecule has 0 fully saturated rings. The Morgan fingerprint density at radius 3 is 2.50 bits per heavy atom. The zero-order valence-corrected chi connectivity index (χ0v) is 17.6. The van der Waals surface area contributed by atoms with E-state index in [0.29, 0.717) is 6.42 Å². The fourth-order valence-electron chi connectivity index (χ4n) is 4.74. The number of hydrogen-bond donors (Lipinski definition) is 1. The molecule has 3 aromatic rings. The van der Waals surface area contributed by atoms with Gasteiger partial charge in [0.2, 0.25) is 0 Å². The molecule has 0 saturated heterocycles. The molecule has 2 aliphatic rings. The Labute approximate surface area is 173 Å². The summed E-state index contributed by atoms with van der Waals surface area (Å²) in [5.74, 6) is 0.269. The summed E-state index contributed by atoms with van der Waals surface area (Å²) in [6, 6.07) is 21.0. The van der Waals surface area contributed by atoms with E-state index in [1.54, 1.807) is 0 Å². The first-order valence-corrected chi connectivity index (χ1v) is 10.5. The molecule has 1 aliphatic carbocycles. The first-order chi connectivity index (χ1) is 13.4. The first kappa shape index (κ1) is 17.7. The van der Waals surface area contributed by atoms with Crippen molar-refractivity contribution in [2.24, 2.45) is 5.41 Å². The monoisotopic (exact) mass is 431 g/mol. The largest absolute Gasteiger partial charge is 0.373 e. The Morgan fingerprint density at radius 2 is 1.71 bits per heavy atom. The van der Waals surface area contributed by atoms with Crippen LogP contribution in [-0.4, -0.2) is 5.78 Å². The number of nitrogens with one attached hydrogen (secondary N) is 1. The summed E-state index contributed by atoms with van der Waals surface area (Å²) in [6.07, 6.45) is 1.52. The van der Waals surface area contributed by atoms with Crippen LogP contribution in [0.5, 0.6) is 0 Å². The predicted octanol–water partition coefficient (Wildman–Crippen LogP) is 6.91. The van der Waals surface area contributed by atoms with E-state index in [1.807, 2.05) is 12.1 Å². The van der Waals surface area contributed by atoms with Crippen molar-refractivity contribution in [1.29, 1.82) is 0 Å². The maximum Gasteiger partial charge on any atom is 0.162 e. The van der Waals surface area contributed by atoms with Gasteiger partial charge in [-0.15, -0.1) is 0 Å². The van der Waals surface area contributed by atoms with E-state index in [4.69, 9.17) is 0 Å². The predicted molar refractivity (Wildman–Crippen MR) is 119 cm³/mol. The maximum atomic E-state index is 13.3. The van der Waals surface area contributed by atoms with Gasteiger partial charge in [-0.2, -0.15) is 0 Å². The lowest BCUT2D eigenvalue weighted by Crippen LogP contribution is -2.33. The average Bonchev–Trinajstić information content (AvgIpc) is 2.66. The second kappa shape index (κ2) is 6.31. The van der Waals surface area contributed by atoms with Crippen molar-refractivity contribution in [2.75, 3.05) is 5.32 Å². The maximum absolute atomic E-state index is 13.3. The molecule has 1 aliphatic heterocycles. The van der Waals surface area contributed by atoms with E-state index in [9.17, 15) is 4.79 Å². The Hall–Kier alpha value is -2.39. The van der Waals surface area contributed by atoms with Crippen LogP contribution < -0.4 is 5.32 Å². The average molecular weight is 432 g/mol. The Bertz CT molecular complexity index is 1140. The molecule has 0 saturated carbocycles.